The molecule has 2 rings (SSSR count). The first kappa shape index (κ1) is 5.53. The maximum atomic E-state index is 10.9. The van der Waals surface area contributed by atoms with Gasteiger partial charge in [-0.25, -0.2) is 0 Å². The second kappa shape index (κ2) is 1.87. The summed E-state index contributed by atoms with van der Waals surface area (Å²) in [4.78, 5) is 10.9. The summed E-state index contributed by atoms with van der Waals surface area (Å²) in [5.74, 6) is 0. The highest BCUT2D eigenvalue weighted by Gasteiger charge is 2.09. The van der Waals surface area contributed by atoms with Gasteiger partial charge in [0.2, 0.25) is 0 Å². The van der Waals surface area contributed by atoms with Gasteiger partial charge in [0.05, 0.1) is 0 Å². The minimum Gasteiger partial charge on any atom is -0.302 e. The lowest BCUT2D eigenvalue weighted by atomic mass is 10.1. The molecule has 1 aromatic heterocycles. The summed E-state index contributed by atoms with van der Waals surface area (Å²) in [7, 11) is 0. The van der Waals surface area contributed by atoms with E-state index in [1.54, 1.807) is 0 Å². The lowest BCUT2D eigenvalue weighted by Crippen LogP contribution is -2.07. The van der Waals surface area contributed by atoms with Crippen molar-refractivity contribution in [2.75, 3.05) is 0 Å². The van der Waals surface area contributed by atoms with Crippen LogP contribution in [-0.2, 0) is 12.8 Å². The maximum absolute atomic E-state index is 10.9. The summed E-state index contributed by atoms with van der Waals surface area (Å²) in [6.45, 7) is 0. The van der Waals surface area contributed by atoms with Crippen molar-refractivity contribution in [1.29, 1.82) is 0 Å². The van der Waals surface area contributed by atoms with Gasteiger partial charge in [0, 0.05) is 17.7 Å². The molecular formula is C7H8N2O. The first-order valence-electron chi connectivity index (χ1n) is 3.31. The van der Waals surface area contributed by atoms with Gasteiger partial charge in [-0.05, 0) is 6.42 Å². The number of hydrogen-bond acceptors (Lipinski definition) is 1. The highest BCUT2D eigenvalue weighted by Crippen LogP contribution is 2.07. The molecule has 0 spiro atoms. The van der Waals surface area contributed by atoms with Crippen LogP contribution in [0.5, 0.6) is 0 Å². The summed E-state index contributed by atoms with van der Waals surface area (Å²) in [5.41, 5.74) is 1.95. The lowest BCUT2D eigenvalue weighted by molar-refractivity contribution is 0.982. The van der Waals surface area contributed by atoms with Crippen LogP contribution in [-0.4, -0.2) is 10.2 Å². The smallest absolute Gasteiger partial charge is 0.267 e. The van der Waals surface area contributed by atoms with Crippen molar-refractivity contribution in [3.63, 3.8) is 0 Å². The second-order valence-corrected chi connectivity index (χ2v) is 2.42. The van der Waals surface area contributed by atoms with E-state index in [0.717, 1.165) is 24.1 Å². The van der Waals surface area contributed by atoms with E-state index in [0.29, 0.717) is 0 Å². The average Bonchev–Trinajstić information content (AvgIpc) is 2.34. The zero-order chi connectivity index (χ0) is 6.97. The number of allylic oxidation sites excluding steroid dienone is 2. The van der Waals surface area contributed by atoms with Crippen molar-refractivity contribution in [3.8, 4) is 0 Å². The zero-order valence-electron chi connectivity index (χ0n) is 5.48. The molecule has 3 nitrogen and oxygen atoms in total. The molecule has 0 amide bonds. The van der Waals surface area contributed by atoms with Gasteiger partial charge in [-0.1, -0.05) is 12.2 Å². The van der Waals surface area contributed by atoms with Gasteiger partial charge in [0.1, 0.15) is 0 Å². The van der Waals surface area contributed by atoms with E-state index in [-0.39, 0.29) is 5.56 Å². The van der Waals surface area contributed by atoms with Crippen LogP contribution in [0.25, 0.3) is 0 Å². The van der Waals surface area contributed by atoms with Crippen LogP contribution in [0.15, 0.2) is 16.9 Å². The van der Waals surface area contributed by atoms with E-state index < -0.39 is 0 Å². The van der Waals surface area contributed by atoms with Crippen molar-refractivity contribution in [3.05, 3.63) is 33.8 Å². The maximum Gasteiger partial charge on any atom is 0.267 e. The minimum atomic E-state index is 0.0272. The van der Waals surface area contributed by atoms with Crippen molar-refractivity contribution >= 4 is 0 Å². The Bertz CT molecular complexity index is 319. The number of hydrogen-bond donors (Lipinski definition) is 2. The highest BCUT2D eigenvalue weighted by atomic mass is 16.1. The van der Waals surface area contributed by atoms with E-state index in [4.69, 9.17) is 0 Å². The molecule has 0 aliphatic heterocycles. The number of rotatable bonds is 0. The Morgan fingerprint density at radius 1 is 1.20 bits per heavy atom. The van der Waals surface area contributed by atoms with E-state index in [1.165, 1.54) is 0 Å². The molecule has 2 N–H and O–H groups in total. The molecule has 0 bridgehead atoms. The van der Waals surface area contributed by atoms with Crippen LogP contribution in [0.1, 0.15) is 11.3 Å². The average molecular weight is 136 g/mol. The molecule has 0 saturated heterocycles. The van der Waals surface area contributed by atoms with E-state index in [9.17, 15) is 4.79 Å². The minimum absolute atomic E-state index is 0.0272. The Morgan fingerprint density at radius 3 is 2.80 bits per heavy atom. The second-order valence-electron chi connectivity index (χ2n) is 2.42. The van der Waals surface area contributed by atoms with Crippen LogP contribution < -0.4 is 5.56 Å². The topological polar surface area (TPSA) is 48.6 Å². The van der Waals surface area contributed by atoms with Gasteiger partial charge < -0.3 is 5.10 Å². The number of aromatic amines is 2. The van der Waals surface area contributed by atoms with Gasteiger partial charge in [0.25, 0.3) is 5.56 Å². The zero-order valence-corrected chi connectivity index (χ0v) is 5.48. The van der Waals surface area contributed by atoms with Gasteiger partial charge >= 0.3 is 0 Å². The molecule has 0 radical (unpaired) electrons. The Hall–Kier alpha value is -1.25. The third kappa shape index (κ3) is 0.635. The van der Waals surface area contributed by atoms with E-state index >= 15 is 0 Å². The van der Waals surface area contributed by atoms with Crippen molar-refractivity contribution in [1.82, 2.24) is 10.2 Å². The molecule has 10 heavy (non-hydrogen) atoms. The Labute approximate surface area is 57.8 Å². The van der Waals surface area contributed by atoms with Crippen molar-refractivity contribution in [2.24, 2.45) is 0 Å². The summed E-state index contributed by atoms with van der Waals surface area (Å²) < 4.78 is 0. The molecule has 0 unspecified atom stereocenters. The summed E-state index contributed by atoms with van der Waals surface area (Å²) in [6, 6.07) is 0. The Kier molecular flexibility index (Phi) is 1.03. The normalized spacial score (nSPS) is 15.2. The molecule has 1 aliphatic rings. The van der Waals surface area contributed by atoms with Gasteiger partial charge in [0.15, 0.2) is 0 Å². The lowest BCUT2D eigenvalue weighted by Gasteiger charge is -1.99. The van der Waals surface area contributed by atoms with Gasteiger partial charge in [-0.3, -0.25) is 9.89 Å². The summed E-state index contributed by atoms with van der Waals surface area (Å²) in [5, 5.41) is 5.40. The van der Waals surface area contributed by atoms with Crippen LogP contribution in [0.4, 0.5) is 0 Å². The fourth-order valence-electron chi connectivity index (χ4n) is 1.21. The van der Waals surface area contributed by atoms with Crippen LogP contribution in [0.2, 0.25) is 0 Å². The molecule has 1 aliphatic carbocycles. The monoisotopic (exact) mass is 136 g/mol. The predicted molar refractivity (Wildman–Crippen MR) is 38.0 cm³/mol. The first-order valence-corrected chi connectivity index (χ1v) is 3.31. The van der Waals surface area contributed by atoms with Gasteiger partial charge in [-0.15, -0.1) is 0 Å². The molecule has 0 aromatic carbocycles. The number of nitrogens with one attached hydrogen (secondary N) is 2. The third-order valence-corrected chi connectivity index (χ3v) is 1.78. The van der Waals surface area contributed by atoms with Crippen molar-refractivity contribution in [2.45, 2.75) is 12.8 Å². The van der Waals surface area contributed by atoms with Gasteiger partial charge in [-0.2, -0.15) is 0 Å². The van der Waals surface area contributed by atoms with Crippen LogP contribution in [0.3, 0.4) is 0 Å². The molecule has 0 fully saturated rings. The highest BCUT2D eigenvalue weighted by molar-refractivity contribution is 5.25. The quantitative estimate of drug-likeness (QED) is 0.497. The number of H-pyrrole nitrogens is 2. The molecule has 3 heteroatoms. The molecule has 1 aromatic rings. The fourth-order valence-corrected chi connectivity index (χ4v) is 1.21. The molecular weight excluding hydrogens is 128 g/mol. The Balaban J connectivity index is 2.61. The van der Waals surface area contributed by atoms with Crippen molar-refractivity contribution < 1.29 is 0 Å². The molecule has 0 atom stereocenters. The fraction of sp³-hybridized carbons (Fsp3) is 0.286. The number of fused-ring (bicyclic) bond motifs is 1. The van der Waals surface area contributed by atoms with E-state index in [2.05, 4.69) is 16.3 Å². The first-order chi connectivity index (χ1) is 4.88. The van der Waals surface area contributed by atoms with Crippen LogP contribution >= 0.6 is 0 Å². The Morgan fingerprint density at radius 2 is 2.00 bits per heavy atom. The molecule has 1 heterocycles. The largest absolute Gasteiger partial charge is 0.302 e. The molecule has 52 valence electrons. The molecule has 0 saturated carbocycles. The standard InChI is InChI=1S/C7H8N2O/c10-7-5-3-1-2-4-6(5)8-9-7/h1-2H,3-4H2,(H2,8,9,10). The number of aromatic nitrogens is 2. The predicted octanol–water partition coefficient (Wildman–Crippen LogP) is 0.358. The third-order valence-electron chi connectivity index (χ3n) is 1.78. The summed E-state index contributed by atoms with van der Waals surface area (Å²) >= 11 is 0. The van der Waals surface area contributed by atoms with Crippen LogP contribution in [0, 0.1) is 0 Å². The SMILES string of the molecule is O=c1[nH][nH]c2c1CC=CC2. The summed E-state index contributed by atoms with van der Waals surface area (Å²) in [6.07, 6.45) is 5.71. The van der Waals surface area contributed by atoms with E-state index in [1.807, 2.05) is 6.08 Å².